The summed E-state index contributed by atoms with van der Waals surface area (Å²) in [5.74, 6) is -0.0828. The average molecular weight is 262 g/mol. The molecule has 0 fully saturated rings. The van der Waals surface area contributed by atoms with Gasteiger partial charge in [-0.3, -0.25) is 4.79 Å². The van der Waals surface area contributed by atoms with Gasteiger partial charge in [-0.05, 0) is 26.3 Å². The Morgan fingerprint density at radius 2 is 2.06 bits per heavy atom. The van der Waals surface area contributed by atoms with Crippen molar-refractivity contribution in [1.29, 1.82) is 0 Å². The van der Waals surface area contributed by atoms with Gasteiger partial charge in [-0.1, -0.05) is 25.1 Å². The summed E-state index contributed by atoms with van der Waals surface area (Å²) in [5.41, 5.74) is 6.42. The molecule has 0 radical (unpaired) electrons. The number of benzene rings is 1. The maximum absolute atomic E-state index is 12.2. The van der Waals surface area contributed by atoms with Gasteiger partial charge in [0.1, 0.15) is 4.88 Å². The minimum absolute atomic E-state index is 0.0828. The second-order valence-corrected chi connectivity index (χ2v) is 6.08. The van der Waals surface area contributed by atoms with Crippen molar-refractivity contribution in [3.8, 4) is 0 Å². The number of amides is 1. The molecule has 1 aromatic heterocycles. The summed E-state index contributed by atoms with van der Waals surface area (Å²) < 4.78 is 1.05. The van der Waals surface area contributed by atoms with Crippen molar-refractivity contribution in [1.82, 2.24) is 5.32 Å². The van der Waals surface area contributed by atoms with Crippen LogP contribution in [0.2, 0.25) is 0 Å². The summed E-state index contributed by atoms with van der Waals surface area (Å²) in [7, 11) is 0. The van der Waals surface area contributed by atoms with Crippen molar-refractivity contribution in [2.45, 2.75) is 32.7 Å². The van der Waals surface area contributed by atoms with Gasteiger partial charge in [-0.15, -0.1) is 11.3 Å². The third-order valence-electron chi connectivity index (χ3n) is 3.18. The number of hydrogen-bond donors (Lipinski definition) is 2. The van der Waals surface area contributed by atoms with Crippen LogP contribution in [0.15, 0.2) is 24.3 Å². The summed E-state index contributed by atoms with van der Waals surface area (Å²) in [6, 6.07) is 7.82. The van der Waals surface area contributed by atoms with Crippen LogP contribution in [-0.4, -0.2) is 11.4 Å². The van der Waals surface area contributed by atoms with Crippen LogP contribution in [0.4, 0.5) is 5.69 Å². The molecule has 0 saturated heterocycles. The van der Waals surface area contributed by atoms with Crippen LogP contribution in [0.5, 0.6) is 0 Å². The second-order valence-electron chi connectivity index (χ2n) is 5.03. The summed E-state index contributed by atoms with van der Waals surface area (Å²) in [5, 5.41) is 3.98. The molecular weight excluding hydrogens is 244 g/mol. The highest BCUT2D eigenvalue weighted by atomic mass is 32.1. The highest BCUT2D eigenvalue weighted by molar-refractivity contribution is 7.21. The lowest BCUT2D eigenvalue weighted by Gasteiger charge is -2.24. The number of nitrogen functional groups attached to an aromatic ring is 1. The predicted octanol–water partition coefficient (Wildman–Crippen LogP) is 3.40. The first-order valence-electron chi connectivity index (χ1n) is 6.04. The molecule has 4 heteroatoms. The van der Waals surface area contributed by atoms with E-state index in [4.69, 9.17) is 5.73 Å². The molecule has 0 saturated carbocycles. The number of rotatable bonds is 3. The standard InChI is InChI=1S/C14H18N2OS/c1-4-14(2,3)16-13(17)12-11(15)9-7-5-6-8-10(9)18-12/h5-8H,4,15H2,1-3H3,(H,16,17). The topological polar surface area (TPSA) is 55.1 Å². The third kappa shape index (κ3) is 2.34. The van der Waals surface area contributed by atoms with Gasteiger partial charge in [-0.2, -0.15) is 0 Å². The third-order valence-corrected chi connectivity index (χ3v) is 4.36. The fraction of sp³-hybridized carbons (Fsp3) is 0.357. The van der Waals surface area contributed by atoms with E-state index in [9.17, 15) is 4.79 Å². The van der Waals surface area contributed by atoms with E-state index in [0.717, 1.165) is 16.5 Å². The van der Waals surface area contributed by atoms with Crippen molar-refractivity contribution in [2.24, 2.45) is 0 Å². The Morgan fingerprint density at radius 1 is 1.39 bits per heavy atom. The number of nitrogens with one attached hydrogen (secondary N) is 1. The Bertz CT molecular complexity index is 586. The maximum Gasteiger partial charge on any atom is 0.263 e. The zero-order valence-corrected chi connectivity index (χ0v) is 11.7. The molecule has 0 aliphatic rings. The molecular formula is C14H18N2OS. The van der Waals surface area contributed by atoms with Crippen LogP contribution in [0, 0.1) is 0 Å². The molecule has 3 nitrogen and oxygen atoms in total. The first kappa shape index (κ1) is 12.9. The number of carbonyl (C=O) groups excluding carboxylic acids is 1. The van der Waals surface area contributed by atoms with Crippen molar-refractivity contribution in [2.75, 3.05) is 5.73 Å². The SMILES string of the molecule is CCC(C)(C)NC(=O)c1sc2ccccc2c1N. The first-order valence-corrected chi connectivity index (χ1v) is 6.86. The zero-order chi connectivity index (χ0) is 13.3. The van der Waals surface area contributed by atoms with Crippen molar-refractivity contribution in [3.63, 3.8) is 0 Å². The number of hydrogen-bond acceptors (Lipinski definition) is 3. The van der Waals surface area contributed by atoms with E-state index in [2.05, 4.69) is 12.2 Å². The number of anilines is 1. The Hall–Kier alpha value is -1.55. The lowest BCUT2D eigenvalue weighted by Crippen LogP contribution is -2.42. The van der Waals surface area contributed by atoms with Gasteiger partial charge in [0.2, 0.25) is 0 Å². The number of thiophene rings is 1. The largest absolute Gasteiger partial charge is 0.397 e. The molecule has 2 aromatic rings. The highest BCUT2D eigenvalue weighted by Crippen LogP contribution is 2.33. The fourth-order valence-electron chi connectivity index (χ4n) is 1.69. The van der Waals surface area contributed by atoms with Gasteiger partial charge in [0.15, 0.2) is 0 Å². The molecule has 3 N–H and O–H groups in total. The van der Waals surface area contributed by atoms with Gasteiger partial charge in [-0.25, -0.2) is 0 Å². The van der Waals surface area contributed by atoms with E-state index in [1.54, 1.807) is 0 Å². The van der Waals surface area contributed by atoms with Gasteiger partial charge in [0, 0.05) is 15.6 Å². The molecule has 2 rings (SSSR count). The Balaban J connectivity index is 2.37. The molecule has 18 heavy (non-hydrogen) atoms. The summed E-state index contributed by atoms with van der Waals surface area (Å²) in [6.07, 6.45) is 0.879. The molecule has 1 aromatic carbocycles. The fourth-order valence-corrected chi connectivity index (χ4v) is 2.70. The zero-order valence-electron chi connectivity index (χ0n) is 10.9. The molecule has 0 bridgehead atoms. The Morgan fingerprint density at radius 3 is 2.67 bits per heavy atom. The average Bonchev–Trinajstić information content (AvgIpc) is 2.67. The molecule has 1 heterocycles. The van der Waals surface area contributed by atoms with Gasteiger partial charge >= 0.3 is 0 Å². The van der Waals surface area contributed by atoms with Crippen molar-refractivity contribution in [3.05, 3.63) is 29.1 Å². The normalized spacial score (nSPS) is 11.7. The number of carbonyl (C=O) groups is 1. The van der Waals surface area contributed by atoms with E-state index < -0.39 is 0 Å². The van der Waals surface area contributed by atoms with E-state index in [0.29, 0.717) is 10.6 Å². The van der Waals surface area contributed by atoms with Gasteiger partial charge < -0.3 is 11.1 Å². The van der Waals surface area contributed by atoms with Crippen LogP contribution in [0.1, 0.15) is 36.9 Å². The van der Waals surface area contributed by atoms with Gasteiger partial charge in [0.25, 0.3) is 5.91 Å². The molecule has 96 valence electrons. The van der Waals surface area contributed by atoms with Crippen LogP contribution in [0.25, 0.3) is 10.1 Å². The van der Waals surface area contributed by atoms with E-state index in [-0.39, 0.29) is 11.4 Å². The Labute approximate surface area is 111 Å². The van der Waals surface area contributed by atoms with Crippen LogP contribution in [0.3, 0.4) is 0 Å². The molecule has 0 aliphatic heterocycles. The highest BCUT2D eigenvalue weighted by Gasteiger charge is 2.22. The molecule has 0 atom stereocenters. The van der Waals surface area contributed by atoms with E-state index >= 15 is 0 Å². The first-order chi connectivity index (χ1) is 8.44. The maximum atomic E-state index is 12.2. The van der Waals surface area contributed by atoms with E-state index in [1.807, 2.05) is 38.1 Å². The molecule has 0 unspecified atom stereocenters. The summed E-state index contributed by atoms with van der Waals surface area (Å²) in [6.45, 7) is 6.07. The van der Waals surface area contributed by atoms with Crippen molar-refractivity contribution >= 4 is 33.0 Å². The molecule has 1 amide bonds. The monoisotopic (exact) mass is 262 g/mol. The summed E-state index contributed by atoms with van der Waals surface area (Å²) >= 11 is 1.45. The number of nitrogens with two attached hydrogens (primary N) is 1. The smallest absolute Gasteiger partial charge is 0.263 e. The van der Waals surface area contributed by atoms with Crippen LogP contribution >= 0.6 is 11.3 Å². The number of fused-ring (bicyclic) bond motifs is 1. The minimum Gasteiger partial charge on any atom is -0.397 e. The minimum atomic E-state index is -0.209. The molecule has 0 aliphatic carbocycles. The summed E-state index contributed by atoms with van der Waals surface area (Å²) in [4.78, 5) is 12.8. The van der Waals surface area contributed by atoms with Crippen molar-refractivity contribution < 1.29 is 4.79 Å². The quantitative estimate of drug-likeness (QED) is 0.890. The van der Waals surface area contributed by atoms with Crippen LogP contribution in [-0.2, 0) is 0 Å². The van der Waals surface area contributed by atoms with Crippen LogP contribution < -0.4 is 11.1 Å². The predicted molar refractivity (Wildman–Crippen MR) is 78.1 cm³/mol. The Kier molecular flexibility index (Phi) is 3.30. The second kappa shape index (κ2) is 4.61. The molecule has 0 spiro atoms. The lowest BCUT2D eigenvalue weighted by molar-refractivity contribution is 0.0916. The lowest BCUT2D eigenvalue weighted by atomic mass is 10.0. The van der Waals surface area contributed by atoms with E-state index in [1.165, 1.54) is 11.3 Å². The van der Waals surface area contributed by atoms with Gasteiger partial charge in [0.05, 0.1) is 5.69 Å².